The van der Waals surface area contributed by atoms with E-state index in [0.29, 0.717) is 11.1 Å². The number of fused-ring (bicyclic) bond motifs is 5. The SMILES string of the molecule is O=C1C(=Cc2sc3c(c2-c2cc(-c4ccc(-c5ccccc5)cc4)cc(-c4ccc(-c5ccccc5)cc4)c2)C2(CCCC2)c2ccccc2N3c2ccccc2)C(=O)c2ccccc21. The Balaban J connectivity index is 1.13. The second-order valence-electron chi connectivity index (χ2n) is 17.4. The number of para-hydroxylation sites is 2. The summed E-state index contributed by atoms with van der Waals surface area (Å²) >= 11 is 1.70. The minimum atomic E-state index is -0.267. The number of hydrogen-bond acceptors (Lipinski definition) is 4. The van der Waals surface area contributed by atoms with E-state index in [1.165, 1.54) is 27.9 Å². The maximum atomic E-state index is 14.3. The molecule has 1 aromatic heterocycles. The number of benzene rings is 8. The molecule has 3 nitrogen and oxygen atoms in total. The molecule has 0 saturated heterocycles. The molecular weight excluding hydrogens is 811 g/mol. The molecule has 1 fully saturated rings. The molecule has 1 saturated carbocycles. The molecule has 310 valence electrons. The lowest BCUT2D eigenvalue weighted by atomic mass is 9.68. The number of nitrogens with zero attached hydrogens (tertiary/aromatic N) is 1. The van der Waals surface area contributed by atoms with Gasteiger partial charge in [0.05, 0.1) is 11.3 Å². The average molecular weight is 854 g/mol. The first-order chi connectivity index (χ1) is 32.0. The topological polar surface area (TPSA) is 37.4 Å². The van der Waals surface area contributed by atoms with E-state index < -0.39 is 0 Å². The summed E-state index contributed by atoms with van der Waals surface area (Å²) in [6.07, 6.45) is 6.18. The van der Waals surface area contributed by atoms with Crippen molar-refractivity contribution in [2.75, 3.05) is 4.90 Å². The monoisotopic (exact) mass is 853 g/mol. The van der Waals surface area contributed by atoms with Gasteiger partial charge in [-0.05, 0) is 111 Å². The molecule has 0 atom stereocenters. The van der Waals surface area contributed by atoms with E-state index in [1.807, 2.05) is 18.2 Å². The van der Waals surface area contributed by atoms with Gasteiger partial charge in [-0.3, -0.25) is 9.59 Å². The number of allylic oxidation sites excluding steroid dienone is 1. The minimum absolute atomic E-state index is 0.215. The van der Waals surface area contributed by atoms with Crippen molar-refractivity contribution in [1.82, 2.24) is 0 Å². The molecule has 8 aromatic carbocycles. The first kappa shape index (κ1) is 39.0. The highest BCUT2D eigenvalue weighted by Crippen LogP contribution is 2.64. The molecule has 12 rings (SSSR count). The van der Waals surface area contributed by atoms with Crippen molar-refractivity contribution in [1.29, 1.82) is 0 Å². The van der Waals surface area contributed by atoms with Gasteiger partial charge in [-0.2, -0.15) is 0 Å². The van der Waals surface area contributed by atoms with Gasteiger partial charge >= 0.3 is 0 Å². The summed E-state index contributed by atoms with van der Waals surface area (Å²) in [6.45, 7) is 0. The quantitative estimate of drug-likeness (QED) is 0.118. The van der Waals surface area contributed by atoms with Crippen LogP contribution in [-0.2, 0) is 5.41 Å². The van der Waals surface area contributed by atoms with Crippen molar-refractivity contribution in [2.24, 2.45) is 0 Å². The molecule has 0 unspecified atom stereocenters. The summed E-state index contributed by atoms with van der Waals surface area (Å²) in [4.78, 5) is 31.9. The Hall–Kier alpha value is -7.66. The highest BCUT2D eigenvalue weighted by Gasteiger charge is 2.49. The minimum Gasteiger partial charge on any atom is -0.301 e. The molecule has 2 heterocycles. The summed E-state index contributed by atoms with van der Waals surface area (Å²) < 4.78 is 0. The van der Waals surface area contributed by atoms with Gasteiger partial charge in [-0.25, -0.2) is 0 Å². The van der Waals surface area contributed by atoms with E-state index in [9.17, 15) is 9.59 Å². The second kappa shape index (κ2) is 15.8. The van der Waals surface area contributed by atoms with Crippen molar-refractivity contribution >= 4 is 45.4 Å². The number of carbonyl (C=O) groups excluding carboxylic acids is 2. The van der Waals surface area contributed by atoms with Crippen LogP contribution in [0.4, 0.5) is 16.4 Å². The van der Waals surface area contributed by atoms with Crippen molar-refractivity contribution in [2.45, 2.75) is 31.1 Å². The Morgan fingerprint density at radius 2 is 0.877 bits per heavy atom. The third kappa shape index (κ3) is 6.55. The van der Waals surface area contributed by atoms with Gasteiger partial charge in [0.1, 0.15) is 5.00 Å². The predicted molar refractivity (Wildman–Crippen MR) is 269 cm³/mol. The number of rotatable bonds is 7. The van der Waals surface area contributed by atoms with E-state index >= 15 is 0 Å². The fraction of sp³-hybridized carbons (Fsp3) is 0.0820. The molecule has 0 amide bonds. The predicted octanol–water partition coefficient (Wildman–Crippen LogP) is 16.2. The smallest absolute Gasteiger partial charge is 0.197 e. The number of Topliss-reactive ketones (excluding diaryl/α,β-unsaturated/α-hetero) is 2. The van der Waals surface area contributed by atoms with E-state index in [1.54, 1.807) is 23.5 Å². The molecule has 0 bridgehead atoms. The highest BCUT2D eigenvalue weighted by molar-refractivity contribution is 7.18. The van der Waals surface area contributed by atoms with Crippen molar-refractivity contribution in [3.05, 3.63) is 239 Å². The number of thiophene rings is 1. The summed E-state index contributed by atoms with van der Waals surface area (Å²) in [6, 6.07) is 72.6. The molecular formula is C61H43NO2S. The fourth-order valence-corrected chi connectivity index (χ4v) is 12.1. The fourth-order valence-electron chi connectivity index (χ4n) is 10.7. The van der Waals surface area contributed by atoms with Gasteiger partial charge in [0.2, 0.25) is 0 Å². The van der Waals surface area contributed by atoms with Crippen LogP contribution in [0.15, 0.2) is 212 Å². The average Bonchev–Trinajstić information content (AvgIpc) is 4.08. The Kier molecular flexibility index (Phi) is 9.50. The lowest BCUT2D eigenvalue weighted by molar-refractivity contribution is 0.0990. The zero-order valence-electron chi connectivity index (χ0n) is 35.7. The Labute approximate surface area is 383 Å². The summed E-state index contributed by atoms with van der Waals surface area (Å²) in [5, 5.41) is 1.14. The first-order valence-corrected chi connectivity index (χ1v) is 23.3. The van der Waals surface area contributed by atoms with Crippen LogP contribution < -0.4 is 4.90 Å². The van der Waals surface area contributed by atoms with Gasteiger partial charge in [0, 0.05) is 38.2 Å². The van der Waals surface area contributed by atoms with Crippen LogP contribution in [0, 0.1) is 0 Å². The van der Waals surface area contributed by atoms with E-state index in [0.717, 1.165) is 85.8 Å². The lowest BCUT2D eigenvalue weighted by Crippen LogP contribution is -2.32. The number of ketones is 2. The van der Waals surface area contributed by atoms with Crippen LogP contribution in [0.25, 0.3) is 61.7 Å². The largest absolute Gasteiger partial charge is 0.301 e. The number of anilines is 3. The van der Waals surface area contributed by atoms with Crippen LogP contribution in [-0.4, -0.2) is 11.6 Å². The molecule has 0 radical (unpaired) electrons. The van der Waals surface area contributed by atoms with Crippen LogP contribution >= 0.6 is 11.3 Å². The normalized spacial score (nSPS) is 14.6. The Morgan fingerprint density at radius 3 is 1.42 bits per heavy atom. The van der Waals surface area contributed by atoms with E-state index in [-0.39, 0.29) is 22.6 Å². The van der Waals surface area contributed by atoms with Gasteiger partial charge < -0.3 is 4.90 Å². The van der Waals surface area contributed by atoms with Gasteiger partial charge in [0.15, 0.2) is 11.6 Å². The third-order valence-corrected chi connectivity index (χ3v) is 14.9. The van der Waals surface area contributed by atoms with Crippen LogP contribution in [0.3, 0.4) is 0 Å². The summed E-state index contributed by atoms with van der Waals surface area (Å²) in [5.41, 5.74) is 17.0. The Bertz CT molecular complexity index is 3180. The molecule has 0 N–H and O–H groups in total. The molecule has 4 heteroatoms. The van der Waals surface area contributed by atoms with Crippen LogP contribution in [0.2, 0.25) is 0 Å². The summed E-state index contributed by atoms with van der Waals surface area (Å²) in [5.74, 6) is -0.429. The number of carbonyl (C=O) groups is 2. The standard InChI is InChI=1S/C61H43NO2S/c63-58-50-22-10-11-23-51(50)59(64)52(58)39-55-56(57-60(65-55)62(49-20-8-3-9-21-49)54-25-13-12-24-53(54)61(57)34-14-15-35-61)48-37-46(44-30-26-42(27-31-44)40-16-4-1-5-17-40)36-47(38-48)45-32-28-43(29-33-45)41-18-6-2-7-19-41/h1-13,16-33,36-39H,14-15,34-35H2. The molecule has 2 aliphatic carbocycles. The lowest BCUT2D eigenvalue weighted by Gasteiger charge is -2.42. The molecule has 1 spiro atoms. The van der Waals surface area contributed by atoms with E-state index in [4.69, 9.17) is 0 Å². The van der Waals surface area contributed by atoms with Crippen LogP contribution in [0.1, 0.15) is 62.4 Å². The molecule has 65 heavy (non-hydrogen) atoms. The van der Waals surface area contributed by atoms with Crippen molar-refractivity contribution in [3.8, 4) is 55.6 Å². The molecule has 1 aliphatic heterocycles. The van der Waals surface area contributed by atoms with E-state index in [2.05, 4.69) is 187 Å². The zero-order chi connectivity index (χ0) is 43.5. The molecule has 3 aliphatic rings. The zero-order valence-corrected chi connectivity index (χ0v) is 36.5. The van der Waals surface area contributed by atoms with Crippen LogP contribution in [0.5, 0.6) is 0 Å². The van der Waals surface area contributed by atoms with Crippen molar-refractivity contribution < 1.29 is 9.59 Å². The van der Waals surface area contributed by atoms with Gasteiger partial charge in [0.25, 0.3) is 0 Å². The second-order valence-corrected chi connectivity index (χ2v) is 18.5. The first-order valence-electron chi connectivity index (χ1n) is 22.5. The van der Waals surface area contributed by atoms with Gasteiger partial charge in [-0.1, -0.05) is 183 Å². The third-order valence-electron chi connectivity index (χ3n) is 13.8. The number of hydrogen-bond donors (Lipinski definition) is 0. The summed E-state index contributed by atoms with van der Waals surface area (Å²) in [7, 11) is 0. The van der Waals surface area contributed by atoms with Gasteiger partial charge in [-0.15, -0.1) is 11.3 Å². The maximum Gasteiger partial charge on any atom is 0.197 e. The Morgan fingerprint density at radius 1 is 0.446 bits per heavy atom. The van der Waals surface area contributed by atoms with Crippen molar-refractivity contribution in [3.63, 3.8) is 0 Å². The molecule has 9 aromatic rings. The highest BCUT2D eigenvalue weighted by atomic mass is 32.1. The maximum absolute atomic E-state index is 14.3.